The average Bonchev–Trinajstić information content (AvgIpc) is 3.40. The summed E-state index contributed by atoms with van der Waals surface area (Å²) in [7, 11) is 0. The number of hydrogen-bond donors (Lipinski definition) is 1. The van der Waals surface area contributed by atoms with E-state index in [-0.39, 0.29) is 25.5 Å². The van der Waals surface area contributed by atoms with Gasteiger partial charge in [-0.2, -0.15) is 0 Å². The van der Waals surface area contributed by atoms with E-state index in [1.807, 2.05) is 47.8 Å². The summed E-state index contributed by atoms with van der Waals surface area (Å²) < 4.78 is 5.75. The number of nitrogens with zero attached hydrogens (tertiary/aromatic N) is 1. The van der Waals surface area contributed by atoms with Gasteiger partial charge < -0.3 is 9.73 Å². The highest BCUT2D eigenvalue weighted by Crippen LogP contribution is 2.45. The summed E-state index contributed by atoms with van der Waals surface area (Å²) in [5.41, 5.74) is 3.13. The predicted molar refractivity (Wildman–Crippen MR) is 120 cm³/mol. The van der Waals surface area contributed by atoms with E-state index in [4.69, 9.17) is 4.42 Å². The van der Waals surface area contributed by atoms with Crippen molar-refractivity contribution in [3.05, 3.63) is 82.1 Å². The van der Waals surface area contributed by atoms with Gasteiger partial charge in [0.05, 0.1) is 24.1 Å². The van der Waals surface area contributed by atoms with Crippen LogP contribution in [-0.2, 0) is 16.0 Å². The molecule has 5 nitrogen and oxygen atoms in total. The maximum atomic E-state index is 13.6. The Morgan fingerprint density at radius 3 is 2.77 bits per heavy atom. The molecule has 6 heteroatoms. The van der Waals surface area contributed by atoms with Crippen LogP contribution in [0.5, 0.6) is 0 Å². The number of fused-ring (bicyclic) bond motifs is 1. The third-order valence-corrected chi connectivity index (χ3v) is 6.30. The molecule has 1 unspecified atom stereocenters. The molecule has 0 saturated heterocycles. The molecule has 1 aliphatic heterocycles. The molecule has 3 heterocycles. The first-order valence-corrected chi connectivity index (χ1v) is 10.6. The first-order chi connectivity index (χ1) is 14.2. The van der Waals surface area contributed by atoms with Crippen molar-refractivity contribution in [2.45, 2.75) is 39.2 Å². The second-order valence-corrected chi connectivity index (χ2v) is 8.28. The monoisotopic (exact) mass is 420 g/mol. The Bertz CT molecular complexity index is 1080. The molecule has 1 aromatic carbocycles. The van der Waals surface area contributed by atoms with Gasteiger partial charge in [0.25, 0.3) is 0 Å². The van der Waals surface area contributed by atoms with Gasteiger partial charge in [0, 0.05) is 22.6 Å². The Morgan fingerprint density at radius 1 is 1.13 bits per heavy atom. The fourth-order valence-electron chi connectivity index (χ4n) is 4.17. The van der Waals surface area contributed by atoms with Crippen molar-refractivity contribution in [2.75, 3.05) is 10.2 Å². The number of anilines is 2. The lowest BCUT2D eigenvalue weighted by molar-refractivity contribution is -0.118. The van der Waals surface area contributed by atoms with E-state index in [9.17, 15) is 9.59 Å². The lowest BCUT2D eigenvalue weighted by atomic mass is 9.88. The average molecular weight is 421 g/mol. The number of hydrogen-bond acceptors (Lipinski definition) is 5. The Hall–Kier alpha value is -3.12. The summed E-state index contributed by atoms with van der Waals surface area (Å²) in [6.45, 7) is 0. The lowest BCUT2D eigenvalue weighted by Gasteiger charge is -2.32. The molecule has 1 aliphatic carbocycles. The summed E-state index contributed by atoms with van der Waals surface area (Å²) in [4.78, 5) is 29.4. The number of thiophene rings is 1. The number of furan rings is 1. The number of nitrogens with one attached hydrogen (secondary N) is 1. The van der Waals surface area contributed by atoms with Crippen LogP contribution in [0.25, 0.3) is 0 Å². The second-order valence-electron chi connectivity index (χ2n) is 7.25. The number of amides is 1. The van der Waals surface area contributed by atoms with Crippen molar-refractivity contribution in [3.8, 4) is 0 Å². The third-order valence-electron chi connectivity index (χ3n) is 5.42. The van der Waals surface area contributed by atoms with Crippen molar-refractivity contribution in [3.63, 3.8) is 0 Å². The maximum Gasteiger partial charge on any atom is 0.233 e. The second kappa shape index (κ2) is 8.32. The quantitative estimate of drug-likeness (QED) is 0.588. The van der Waals surface area contributed by atoms with Crippen LogP contribution in [0.15, 0.2) is 75.9 Å². The zero-order chi connectivity index (χ0) is 19.8. The minimum atomic E-state index is -0.573. The lowest BCUT2D eigenvalue weighted by Crippen LogP contribution is -2.38. The van der Waals surface area contributed by atoms with Crippen LogP contribution in [0.2, 0.25) is 0 Å². The fourth-order valence-corrected chi connectivity index (χ4v) is 4.87. The summed E-state index contributed by atoms with van der Waals surface area (Å²) >= 11 is 1.56. The van der Waals surface area contributed by atoms with Crippen LogP contribution >= 0.6 is 11.3 Å². The van der Waals surface area contributed by atoms with Crippen LogP contribution in [0.4, 0.5) is 11.4 Å². The standard InChI is InChI=1S/C23H20N2O3S.CH4/c26-19-10-3-8-17-22(19)23(20-11-4-12-28-20)25(18-9-2-1-7-16(18)24-17)21(27)14-15-6-5-13-29-15;/h1-2,4-7,9,11-13,23-24H,3,8,10,14H2;1H4. The number of carbonyl (C=O) groups excluding carboxylic acids is 2. The van der Waals surface area contributed by atoms with Gasteiger partial charge in [0.2, 0.25) is 5.91 Å². The molecule has 1 N–H and O–H groups in total. The molecule has 0 bridgehead atoms. The van der Waals surface area contributed by atoms with Gasteiger partial charge >= 0.3 is 0 Å². The highest BCUT2D eigenvalue weighted by Gasteiger charge is 2.40. The molecule has 1 atom stereocenters. The number of rotatable bonds is 3. The van der Waals surface area contributed by atoms with Gasteiger partial charge in [-0.15, -0.1) is 11.3 Å². The van der Waals surface area contributed by atoms with Crippen molar-refractivity contribution in [1.82, 2.24) is 0 Å². The molecule has 2 aliphatic rings. The first kappa shape index (κ1) is 20.2. The van der Waals surface area contributed by atoms with Crippen LogP contribution in [0.1, 0.15) is 43.4 Å². The molecule has 5 rings (SSSR count). The van der Waals surface area contributed by atoms with E-state index in [1.165, 1.54) is 0 Å². The Morgan fingerprint density at radius 2 is 2.00 bits per heavy atom. The molecule has 0 fully saturated rings. The zero-order valence-electron chi connectivity index (χ0n) is 15.8. The van der Waals surface area contributed by atoms with E-state index in [2.05, 4.69) is 5.32 Å². The topological polar surface area (TPSA) is 62.6 Å². The molecule has 30 heavy (non-hydrogen) atoms. The third kappa shape index (κ3) is 3.48. The van der Waals surface area contributed by atoms with Gasteiger partial charge in [-0.3, -0.25) is 14.5 Å². The number of allylic oxidation sites excluding steroid dienone is 1. The van der Waals surface area contributed by atoms with Crippen LogP contribution in [0, 0.1) is 0 Å². The number of Topliss-reactive ketones (excluding diaryl/α,β-unsaturated/α-hetero) is 1. The van der Waals surface area contributed by atoms with Crippen LogP contribution in [0.3, 0.4) is 0 Å². The highest BCUT2D eigenvalue weighted by molar-refractivity contribution is 7.10. The van der Waals surface area contributed by atoms with Crippen LogP contribution in [-0.4, -0.2) is 11.7 Å². The van der Waals surface area contributed by atoms with Crippen molar-refractivity contribution in [1.29, 1.82) is 0 Å². The number of para-hydroxylation sites is 2. The smallest absolute Gasteiger partial charge is 0.233 e. The molecule has 1 amide bonds. The largest absolute Gasteiger partial charge is 0.467 e. The first-order valence-electron chi connectivity index (χ1n) is 9.72. The molecule has 0 radical (unpaired) electrons. The van der Waals surface area contributed by atoms with Gasteiger partial charge in [-0.1, -0.05) is 25.6 Å². The van der Waals surface area contributed by atoms with E-state index >= 15 is 0 Å². The molecule has 2 aromatic heterocycles. The fraction of sp³-hybridized carbons (Fsp3) is 0.250. The molecule has 154 valence electrons. The molecule has 0 saturated carbocycles. The molecule has 0 spiro atoms. The maximum absolute atomic E-state index is 13.6. The Kier molecular flexibility index (Phi) is 5.59. The number of carbonyl (C=O) groups is 2. The van der Waals surface area contributed by atoms with E-state index in [0.29, 0.717) is 17.8 Å². The highest BCUT2D eigenvalue weighted by atomic mass is 32.1. The van der Waals surface area contributed by atoms with Crippen molar-refractivity contribution >= 4 is 34.4 Å². The predicted octanol–water partition coefficient (Wildman–Crippen LogP) is 5.73. The summed E-state index contributed by atoms with van der Waals surface area (Å²) in [5.74, 6) is 0.614. The molecule has 3 aromatic rings. The van der Waals surface area contributed by atoms with Crippen molar-refractivity contribution in [2.24, 2.45) is 0 Å². The summed E-state index contributed by atoms with van der Waals surface area (Å²) in [5, 5.41) is 5.42. The van der Waals surface area contributed by atoms with Crippen molar-refractivity contribution < 1.29 is 14.0 Å². The number of benzene rings is 1. The molecular formula is C24H24N2O3S. The summed E-state index contributed by atoms with van der Waals surface area (Å²) in [6.07, 6.45) is 3.94. The minimum absolute atomic E-state index is 0. The normalized spacial score (nSPS) is 18.1. The van der Waals surface area contributed by atoms with Gasteiger partial charge in [-0.05, 0) is 48.6 Å². The molecular weight excluding hydrogens is 396 g/mol. The van der Waals surface area contributed by atoms with E-state index < -0.39 is 6.04 Å². The number of ketones is 1. The van der Waals surface area contributed by atoms with Crippen LogP contribution < -0.4 is 10.2 Å². The minimum Gasteiger partial charge on any atom is -0.467 e. The SMILES string of the molecule is C.O=C1CCCC2=C1C(c1ccco1)N(C(=O)Cc1cccs1)c1ccccc1N2. The van der Waals surface area contributed by atoms with Gasteiger partial charge in [0.1, 0.15) is 11.8 Å². The van der Waals surface area contributed by atoms with Gasteiger partial charge in [0.15, 0.2) is 5.78 Å². The zero-order valence-corrected chi connectivity index (χ0v) is 16.6. The van der Waals surface area contributed by atoms with Gasteiger partial charge in [-0.25, -0.2) is 0 Å². The Labute approximate surface area is 180 Å². The Balaban J connectivity index is 0.00000218. The van der Waals surface area contributed by atoms with E-state index in [1.54, 1.807) is 28.6 Å². The van der Waals surface area contributed by atoms with E-state index in [0.717, 1.165) is 34.8 Å². The summed E-state index contributed by atoms with van der Waals surface area (Å²) in [6, 6.07) is 14.7.